The first-order chi connectivity index (χ1) is 7.33. The van der Waals surface area contributed by atoms with Crippen LogP contribution in [0.1, 0.15) is 0 Å². The van der Waals surface area contributed by atoms with Gasteiger partial charge in [0, 0.05) is 18.2 Å². The van der Waals surface area contributed by atoms with Crippen LogP contribution in [0.5, 0.6) is 11.5 Å². The van der Waals surface area contributed by atoms with Crippen molar-refractivity contribution in [1.82, 2.24) is 14.8 Å². The first-order valence-electron chi connectivity index (χ1n) is 4.34. The van der Waals surface area contributed by atoms with Crippen LogP contribution >= 0.6 is 0 Å². The van der Waals surface area contributed by atoms with Gasteiger partial charge in [0.15, 0.2) is 0 Å². The Morgan fingerprint density at radius 2 is 1.80 bits per heavy atom. The number of rotatable bonds is 3. The molecule has 0 amide bonds. The molecule has 5 nitrogen and oxygen atoms in total. The minimum Gasteiger partial charge on any atom is -0.497 e. The summed E-state index contributed by atoms with van der Waals surface area (Å²) in [6.07, 6.45) is 4.12. The lowest BCUT2D eigenvalue weighted by molar-refractivity contribution is 0.394. The van der Waals surface area contributed by atoms with Crippen molar-refractivity contribution in [3.63, 3.8) is 0 Å². The van der Waals surface area contributed by atoms with Crippen LogP contribution in [-0.4, -0.2) is 29.0 Å². The first kappa shape index (κ1) is 9.51. The maximum atomic E-state index is 5.14. The summed E-state index contributed by atoms with van der Waals surface area (Å²) in [6, 6.07) is 5.45. The van der Waals surface area contributed by atoms with E-state index in [9.17, 15) is 0 Å². The van der Waals surface area contributed by atoms with Crippen molar-refractivity contribution in [2.45, 2.75) is 0 Å². The standard InChI is InChI=1S/C10H10N3O2/c1-14-9-3-8(4-10(5-9)15-2)13-7-11-6-12-13/h3-6H,1-2H3. The summed E-state index contributed by atoms with van der Waals surface area (Å²) in [5, 5.41) is 3.98. The number of ether oxygens (including phenoxy) is 2. The number of methoxy groups -OCH3 is 2. The zero-order valence-electron chi connectivity index (χ0n) is 8.47. The predicted octanol–water partition coefficient (Wildman–Crippen LogP) is 1.08. The highest BCUT2D eigenvalue weighted by atomic mass is 16.5. The SMILES string of the molecule is COc1cc(OC)cc(-n2[c]ncn2)c1. The molecule has 1 aromatic carbocycles. The summed E-state index contributed by atoms with van der Waals surface area (Å²) in [6.45, 7) is 0. The maximum Gasteiger partial charge on any atom is 0.201 e. The molecule has 0 atom stereocenters. The second kappa shape index (κ2) is 4.00. The molecule has 0 unspecified atom stereocenters. The lowest BCUT2D eigenvalue weighted by atomic mass is 10.3. The summed E-state index contributed by atoms with van der Waals surface area (Å²) in [5.41, 5.74) is 0.795. The van der Waals surface area contributed by atoms with Crippen molar-refractivity contribution >= 4 is 0 Å². The quantitative estimate of drug-likeness (QED) is 0.750. The molecule has 0 N–H and O–H groups in total. The molecule has 77 valence electrons. The lowest BCUT2D eigenvalue weighted by Gasteiger charge is -2.07. The van der Waals surface area contributed by atoms with Crippen LogP contribution in [-0.2, 0) is 0 Å². The molecule has 0 aliphatic heterocycles. The third kappa shape index (κ3) is 1.90. The van der Waals surface area contributed by atoms with Crippen molar-refractivity contribution in [1.29, 1.82) is 0 Å². The third-order valence-electron chi connectivity index (χ3n) is 1.96. The highest BCUT2D eigenvalue weighted by Gasteiger charge is 2.04. The largest absolute Gasteiger partial charge is 0.497 e. The molecule has 0 spiro atoms. The van der Waals surface area contributed by atoms with E-state index in [0.29, 0.717) is 11.5 Å². The maximum absolute atomic E-state index is 5.14. The molecule has 0 bridgehead atoms. The molecule has 15 heavy (non-hydrogen) atoms. The Bertz CT molecular complexity index is 418. The van der Waals surface area contributed by atoms with Crippen molar-refractivity contribution in [3.8, 4) is 17.2 Å². The van der Waals surface area contributed by atoms with Crippen LogP contribution < -0.4 is 9.47 Å². The van der Waals surface area contributed by atoms with Gasteiger partial charge in [-0.25, -0.2) is 9.67 Å². The van der Waals surface area contributed by atoms with Gasteiger partial charge >= 0.3 is 0 Å². The second-order valence-corrected chi connectivity index (χ2v) is 2.84. The minimum absolute atomic E-state index is 0.702. The minimum atomic E-state index is 0.702. The van der Waals surface area contributed by atoms with E-state index in [2.05, 4.69) is 16.4 Å². The molecule has 1 heterocycles. The summed E-state index contributed by atoms with van der Waals surface area (Å²) < 4.78 is 11.8. The van der Waals surface area contributed by atoms with Crippen LogP contribution in [0.15, 0.2) is 24.5 Å². The Kier molecular flexibility index (Phi) is 2.53. The third-order valence-corrected chi connectivity index (χ3v) is 1.96. The monoisotopic (exact) mass is 204 g/mol. The van der Waals surface area contributed by atoms with E-state index >= 15 is 0 Å². The van der Waals surface area contributed by atoms with Crippen LogP contribution in [0.25, 0.3) is 5.69 Å². The van der Waals surface area contributed by atoms with Gasteiger partial charge in [-0.3, -0.25) is 0 Å². The molecule has 0 aliphatic carbocycles. The van der Waals surface area contributed by atoms with E-state index in [0.717, 1.165) is 5.69 Å². The predicted molar refractivity (Wildman–Crippen MR) is 53.3 cm³/mol. The van der Waals surface area contributed by atoms with Crippen molar-refractivity contribution in [2.75, 3.05) is 14.2 Å². The van der Waals surface area contributed by atoms with Gasteiger partial charge < -0.3 is 9.47 Å². The van der Waals surface area contributed by atoms with Gasteiger partial charge in [0.1, 0.15) is 17.8 Å². The average molecular weight is 204 g/mol. The highest BCUT2D eigenvalue weighted by Crippen LogP contribution is 2.23. The van der Waals surface area contributed by atoms with E-state index in [-0.39, 0.29) is 0 Å². The summed E-state index contributed by atoms with van der Waals surface area (Å²) >= 11 is 0. The molecule has 0 saturated heterocycles. The van der Waals surface area contributed by atoms with Crippen LogP contribution in [0.4, 0.5) is 0 Å². The molecular weight excluding hydrogens is 194 g/mol. The molecule has 0 saturated carbocycles. The van der Waals surface area contributed by atoms with Gasteiger partial charge in [0.05, 0.1) is 19.9 Å². The van der Waals surface area contributed by atoms with Crippen LogP contribution in [0, 0.1) is 6.33 Å². The summed E-state index contributed by atoms with van der Waals surface area (Å²) in [7, 11) is 3.20. The zero-order valence-corrected chi connectivity index (χ0v) is 8.47. The Morgan fingerprint density at radius 1 is 1.13 bits per heavy atom. The zero-order chi connectivity index (χ0) is 10.7. The molecule has 0 fully saturated rings. The Labute approximate surface area is 87.3 Å². The fourth-order valence-electron chi connectivity index (χ4n) is 1.22. The molecule has 0 aliphatic rings. The molecule has 1 aromatic heterocycles. The molecule has 2 aromatic rings. The van der Waals surface area contributed by atoms with Crippen molar-refractivity contribution in [2.24, 2.45) is 0 Å². The molecule has 2 rings (SSSR count). The molecule has 5 heteroatoms. The molecular formula is C10H10N3O2. The number of aromatic nitrogens is 3. The normalized spacial score (nSPS) is 10.0. The number of hydrogen-bond acceptors (Lipinski definition) is 4. The Hall–Kier alpha value is -2.04. The number of nitrogens with zero attached hydrogens (tertiary/aromatic N) is 3. The molecule has 1 radical (unpaired) electrons. The summed E-state index contributed by atoms with van der Waals surface area (Å²) in [5.74, 6) is 1.40. The topological polar surface area (TPSA) is 49.2 Å². The lowest BCUT2D eigenvalue weighted by Crippen LogP contribution is -1.97. The van der Waals surface area contributed by atoms with Crippen LogP contribution in [0.3, 0.4) is 0 Å². The number of benzene rings is 1. The van der Waals surface area contributed by atoms with Gasteiger partial charge in [-0.15, -0.1) is 0 Å². The van der Waals surface area contributed by atoms with Gasteiger partial charge in [-0.05, 0) is 0 Å². The van der Waals surface area contributed by atoms with E-state index in [1.807, 2.05) is 12.1 Å². The average Bonchev–Trinajstić information content (AvgIpc) is 2.81. The van der Waals surface area contributed by atoms with E-state index in [1.165, 1.54) is 11.0 Å². The fourth-order valence-corrected chi connectivity index (χ4v) is 1.22. The van der Waals surface area contributed by atoms with Crippen molar-refractivity contribution < 1.29 is 9.47 Å². The van der Waals surface area contributed by atoms with Gasteiger partial charge in [-0.2, -0.15) is 5.10 Å². The summed E-state index contributed by atoms with van der Waals surface area (Å²) in [4.78, 5) is 3.75. The van der Waals surface area contributed by atoms with E-state index in [1.54, 1.807) is 20.3 Å². The van der Waals surface area contributed by atoms with E-state index in [4.69, 9.17) is 9.47 Å². The fraction of sp³-hybridized carbons (Fsp3) is 0.200. The second-order valence-electron chi connectivity index (χ2n) is 2.84. The van der Waals surface area contributed by atoms with Gasteiger partial charge in [-0.1, -0.05) is 0 Å². The number of hydrogen-bond donors (Lipinski definition) is 0. The Morgan fingerprint density at radius 3 is 2.27 bits per heavy atom. The Balaban J connectivity index is 2.47. The van der Waals surface area contributed by atoms with Crippen molar-refractivity contribution in [3.05, 3.63) is 30.9 Å². The van der Waals surface area contributed by atoms with Gasteiger partial charge in [0.25, 0.3) is 0 Å². The highest BCUT2D eigenvalue weighted by molar-refractivity contribution is 5.45. The first-order valence-corrected chi connectivity index (χ1v) is 4.34. The van der Waals surface area contributed by atoms with E-state index < -0.39 is 0 Å². The van der Waals surface area contributed by atoms with Gasteiger partial charge in [0.2, 0.25) is 6.33 Å². The smallest absolute Gasteiger partial charge is 0.201 e. The van der Waals surface area contributed by atoms with Crippen LogP contribution in [0.2, 0.25) is 0 Å².